The molecule has 0 amide bonds. The Morgan fingerprint density at radius 1 is 1.18 bits per heavy atom. The first kappa shape index (κ1) is 11.4. The molecule has 0 spiro atoms. The number of benzene rings is 2. The Morgan fingerprint density at radius 2 is 1.82 bits per heavy atom. The Kier molecular flexibility index (Phi) is 2.93. The van der Waals surface area contributed by atoms with E-state index >= 15 is 0 Å². The van der Waals surface area contributed by atoms with Crippen molar-refractivity contribution in [3.05, 3.63) is 54.6 Å². The van der Waals surface area contributed by atoms with E-state index in [1.165, 1.54) is 0 Å². The molecule has 0 heterocycles. The summed E-state index contributed by atoms with van der Waals surface area (Å²) < 4.78 is 0. The number of nitrogens with two attached hydrogens (primary N) is 1. The maximum atomic E-state index is 10.9. The van der Waals surface area contributed by atoms with Gasteiger partial charge >= 0.3 is 5.97 Å². The van der Waals surface area contributed by atoms with E-state index in [4.69, 9.17) is 10.8 Å². The lowest BCUT2D eigenvalue weighted by Gasteiger charge is -2.13. The van der Waals surface area contributed by atoms with Crippen LogP contribution < -0.4 is 5.73 Å². The minimum absolute atomic E-state index is 0.425. The lowest BCUT2D eigenvalue weighted by molar-refractivity contribution is -0.137. The minimum Gasteiger partial charge on any atom is -0.480 e. The maximum Gasteiger partial charge on any atom is 0.325 e. The van der Waals surface area contributed by atoms with Crippen LogP contribution >= 0.6 is 0 Å². The Morgan fingerprint density at radius 3 is 2.53 bits per heavy atom. The summed E-state index contributed by atoms with van der Waals surface area (Å²) in [7, 11) is 0. The normalized spacial score (nSPS) is 12.3. The van der Waals surface area contributed by atoms with Crippen LogP contribution in [0.1, 0.15) is 5.56 Å². The van der Waals surface area contributed by atoms with Gasteiger partial charge in [-0.3, -0.25) is 4.79 Å². The molecule has 0 saturated heterocycles. The number of carbonyl (C=O) groups is 1. The summed E-state index contributed by atoms with van der Waals surface area (Å²) >= 11 is 0. The van der Waals surface area contributed by atoms with Crippen molar-refractivity contribution in [2.24, 2.45) is 5.73 Å². The summed E-state index contributed by atoms with van der Waals surface area (Å²) in [6.07, 6.45) is 0. The van der Waals surface area contributed by atoms with Crippen molar-refractivity contribution in [3.63, 3.8) is 0 Å². The fraction of sp³-hybridized carbons (Fsp3) is 0.0714. The fourth-order valence-electron chi connectivity index (χ4n) is 1.82. The van der Waals surface area contributed by atoms with Crippen LogP contribution in [0.4, 0.5) is 0 Å². The zero-order chi connectivity index (χ0) is 12.4. The van der Waals surface area contributed by atoms with Gasteiger partial charge in [0.2, 0.25) is 0 Å². The molecule has 0 aliphatic carbocycles. The molecule has 0 saturated carbocycles. The number of hydrogen-bond acceptors (Lipinski definition) is 2. The van der Waals surface area contributed by atoms with Gasteiger partial charge in [0.05, 0.1) is 0 Å². The first-order valence-electron chi connectivity index (χ1n) is 5.26. The van der Waals surface area contributed by atoms with Gasteiger partial charge in [0.25, 0.3) is 0 Å². The molecule has 86 valence electrons. The smallest absolute Gasteiger partial charge is 0.325 e. The zero-order valence-electron chi connectivity index (χ0n) is 9.26. The molecule has 1 atom stereocenters. The standard InChI is InChI=1S/C14H13NO2/c1-9(13(15)14(16)17)11-8-4-6-10-5-2-3-7-12(10)11/h2-8,13H,1,15H2,(H,16,17). The van der Waals surface area contributed by atoms with E-state index in [9.17, 15) is 4.79 Å². The quantitative estimate of drug-likeness (QED) is 0.845. The molecule has 3 N–H and O–H groups in total. The van der Waals surface area contributed by atoms with Crippen molar-refractivity contribution in [3.8, 4) is 0 Å². The summed E-state index contributed by atoms with van der Waals surface area (Å²) in [4.78, 5) is 10.9. The van der Waals surface area contributed by atoms with Gasteiger partial charge in [-0.2, -0.15) is 0 Å². The van der Waals surface area contributed by atoms with Crippen LogP contribution in [-0.2, 0) is 4.79 Å². The number of rotatable bonds is 3. The molecule has 0 fully saturated rings. The van der Waals surface area contributed by atoms with E-state index in [1.54, 1.807) is 0 Å². The van der Waals surface area contributed by atoms with Gasteiger partial charge in [-0.15, -0.1) is 0 Å². The highest BCUT2D eigenvalue weighted by Crippen LogP contribution is 2.25. The highest BCUT2D eigenvalue weighted by Gasteiger charge is 2.18. The van der Waals surface area contributed by atoms with Gasteiger partial charge in [-0.1, -0.05) is 49.0 Å². The molecule has 0 aliphatic heterocycles. The predicted molar refractivity (Wildman–Crippen MR) is 68.6 cm³/mol. The van der Waals surface area contributed by atoms with Crippen LogP contribution in [0, 0.1) is 0 Å². The third-order valence-electron chi connectivity index (χ3n) is 2.78. The average molecular weight is 227 g/mol. The third-order valence-corrected chi connectivity index (χ3v) is 2.78. The highest BCUT2D eigenvalue weighted by molar-refractivity contribution is 5.99. The number of hydrogen-bond donors (Lipinski definition) is 2. The molecule has 0 radical (unpaired) electrons. The van der Waals surface area contributed by atoms with E-state index in [2.05, 4.69) is 6.58 Å². The van der Waals surface area contributed by atoms with Crippen LogP contribution in [0.15, 0.2) is 49.0 Å². The number of carboxylic acids is 1. The summed E-state index contributed by atoms with van der Waals surface area (Å²) in [6.45, 7) is 3.79. The Hall–Kier alpha value is -2.13. The maximum absolute atomic E-state index is 10.9. The molecule has 0 bridgehead atoms. The number of fused-ring (bicyclic) bond motifs is 1. The van der Waals surface area contributed by atoms with Crippen LogP contribution in [0.2, 0.25) is 0 Å². The summed E-state index contributed by atoms with van der Waals surface area (Å²) in [5.41, 5.74) is 6.80. The Labute approximate surface area is 99.2 Å². The minimum atomic E-state index is -1.07. The van der Waals surface area contributed by atoms with E-state index in [1.807, 2.05) is 42.5 Å². The lowest BCUT2D eigenvalue weighted by Crippen LogP contribution is -2.30. The molecular formula is C14H13NO2. The molecule has 3 heteroatoms. The van der Waals surface area contributed by atoms with Gasteiger partial charge < -0.3 is 10.8 Å². The van der Waals surface area contributed by atoms with Gasteiger partial charge in [0.1, 0.15) is 6.04 Å². The summed E-state index contributed by atoms with van der Waals surface area (Å²) in [5, 5.41) is 10.9. The topological polar surface area (TPSA) is 63.3 Å². The Balaban J connectivity index is 2.56. The van der Waals surface area contributed by atoms with Gasteiger partial charge in [0, 0.05) is 0 Å². The molecule has 2 rings (SSSR count). The SMILES string of the molecule is C=C(c1cccc2ccccc12)C(N)C(=O)O. The number of aliphatic carboxylic acids is 1. The molecule has 3 nitrogen and oxygen atoms in total. The van der Waals surface area contributed by atoms with E-state index in [-0.39, 0.29) is 0 Å². The molecule has 2 aromatic rings. The Bertz CT molecular complexity index is 584. The van der Waals surface area contributed by atoms with Crippen LogP contribution in [0.25, 0.3) is 16.3 Å². The third kappa shape index (κ3) is 2.05. The van der Waals surface area contributed by atoms with Crippen LogP contribution in [0.3, 0.4) is 0 Å². The van der Waals surface area contributed by atoms with Crippen LogP contribution in [0.5, 0.6) is 0 Å². The molecule has 1 unspecified atom stereocenters. The van der Waals surface area contributed by atoms with Crippen molar-refractivity contribution in [1.29, 1.82) is 0 Å². The monoisotopic (exact) mass is 227 g/mol. The van der Waals surface area contributed by atoms with Crippen LogP contribution in [-0.4, -0.2) is 17.1 Å². The molecule has 2 aromatic carbocycles. The van der Waals surface area contributed by atoms with Crippen molar-refractivity contribution < 1.29 is 9.90 Å². The highest BCUT2D eigenvalue weighted by atomic mass is 16.4. The fourth-order valence-corrected chi connectivity index (χ4v) is 1.82. The molecule has 0 aromatic heterocycles. The summed E-state index contributed by atoms with van der Waals surface area (Å²) in [6, 6.07) is 12.4. The van der Waals surface area contributed by atoms with Crippen molar-refractivity contribution in [2.45, 2.75) is 6.04 Å². The lowest BCUT2D eigenvalue weighted by atomic mass is 9.95. The van der Waals surface area contributed by atoms with Gasteiger partial charge in [-0.05, 0) is 21.9 Å². The second kappa shape index (κ2) is 4.39. The first-order valence-corrected chi connectivity index (χ1v) is 5.26. The molecule has 17 heavy (non-hydrogen) atoms. The molecule has 0 aliphatic rings. The predicted octanol–water partition coefficient (Wildman–Crippen LogP) is 2.26. The van der Waals surface area contributed by atoms with Gasteiger partial charge in [0.15, 0.2) is 0 Å². The van der Waals surface area contributed by atoms with E-state index in [0.29, 0.717) is 5.57 Å². The second-order valence-electron chi connectivity index (χ2n) is 3.87. The van der Waals surface area contributed by atoms with Crippen molar-refractivity contribution in [2.75, 3.05) is 0 Å². The van der Waals surface area contributed by atoms with Gasteiger partial charge in [-0.25, -0.2) is 0 Å². The second-order valence-corrected chi connectivity index (χ2v) is 3.87. The van der Waals surface area contributed by atoms with E-state index < -0.39 is 12.0 Å². The first-order chi connectivity index (χ1) is 8.11. The number of carboxylic acid groups (broad SMARTS) is 1. The molecular weight excluding hydrogens is 214 g/mol. The average Bonchev–Trinajstić information content (AvgIpc) is 2.36. The largest absolute Gasteiger partial charge is 0.480 e. The van der Waals surface area contributed by atoms with E-state index in [0.717, 1.165) is 16.3 Å². The van der Waals surface area contributed by atoms with Crippen molar-refractivity contribution >= 4 is 22.3 Å². The zero-order valence-corrected chi connectivity index (χ0v) is 9.26. The summed E-state index contributed by atoms with van der Waals surface area (Å²) in [5.74, 6) is -1.07. The van der Waals surface area contributed by atoms with Crippen molar-refractivity contribution in [1.82, 2.24) is 0 Å².